The Bertz CT molecular complexity index is 428. The smallest absolute Gasteiger partial charge is 0.0473 e. The van der Waals surface area contributed by atoms with Gasteiger partial charge in [0.25, 0.3) is 0 Å². The van der Waals surface area contributed by atoms with Crippen molar-refractivity contribution < 1.29 is 0 Å². The zero-order chi connectivity index (χ0) is 14.7. The van der Waals surface area contributed by atoms with Gasteiger partial charge in [-0.1, -0.05) is 43.2 Å². The lowest BCUT2D eigenvalue weighted by Crippen LogP contribution is -2.53. The summed E-state index contributed by atoms with van der Waals surface area (Å²) in [5.41, 5.74) is 1.42. The maximum absolute atomic E-state index is 3.57. The Morgan fingerprint density at radius 2 is 1.76 bits per heavy atom. The van der Waals surface area contributed by atoms with E-state index in [2.05, 4.69) is 54.5 Å². The van der Waals surface area contributed by atoms with E-state index in [1.807, 2.05) is 0 Å². The van der Waals surface area contributed by atoms with Gasteiger partial charge in [0.1, 0.15) is 0 Å². The molecule has 0 aromatic heterocycles. The van der Waals surface area contributed by atoms with E-state index in [1.54, 1.807) is 0 Å². The topological polar surface area (TPSA) is 15.3 Å². The Morgan fingerprint density at radius 3 is 2.52 bits per heavy atom. The number of hydrogen-bond acceptors (Lipinski definition) is 2. The van der Waals surface area contributed by atoms with E-state index >= 15 is 0 Å². The van der Waals surface area contributed by atoms with E-state index in [0.717, 1.165) is 12.0 Å². The molecule has 1 aliphatic carbocycles. The molecule has 2 heteroatoms. The largest absolute Gasteiger partial charge is 0.312 e. The standard InChI is InChI=1S/C19H30N2/c1-15(19(20-2)17-10-4-3-5-11-17)21-14-8-12-16-9-6-7-13-18(16)21/h3-5,10-11,15-16,18-20H,6-9,12-14H2,1-2H3. The molecule has 3 rings (SSSR count). The van der Waals surface area contributed by atoms with Crippen molar-refractivity contribution >= 4 is 0 Å². The minimum absolute atomic E-state index is 0.437. The average molecular weight is 286 g/mol. The molecule has 2 nitrogen and oxygen atoms in total. The van der Waals surface area contributed by atoms with Gasteiger partial charge < -0.3 is 5.32 Å². The predicted molar refractivity (Wildman–Crippen MR) is 89.4 cm³/mol. The molecule has 1 saturated heterocycles. The molecule has 4 atom stereocenters. The summed E-state index contributed by atoms with van der Waals surface area (Å²) in [4.78, 5) is 2.82. The van der Waals surface area contributed by atoms with Gasteiger partial charge in [-0.25, -0.2) is 0 Å². The molecule has 0 spiro atoms. The summed E-state index contributed by atoms with van der Waals surface area (Å²) in [5, 5.41) is 3.57. The molecule has 0 bridgehead atoms. The molecule has 0 amide bonds. The second-order valence-electron chi connectivity index (χ2n) is 6.91. The van der Waals surface area contributed by atoms with Gasteiger partial charge in [-0.05, 0) is 57.7 Å². The van der Waals surface area contributed by atoms with Crippen LogP contribution in [-0.4, -0.2) is 30.6 Å². The maximum atomic E-state index is 3.57. The van der Waals surface area contributed by atoms with Crippen LogP contribution in [0.25, 0.3) is 0 Å². The lowest BCUT2D eigenvalue weighted by molar-refractivity contribution is 0.0193. The highest BCUT2D eigenvalue weighted by Crippen LogP contribution is 2.38. The molecule has 2 aliphatic rings. The van der Waals surface area contributed by atoms with Gasteiger partial charge in [0.15, 0.2) is 0 Å². The van der Waals surface area contributed by atoms with E-state index in [-0.39, 0.29) is 0 Å². The summed E-state index contributed by atoms with van der Waals surface area (Å²) in [6, 6.07) is 12.8. The Morgan fingerprint density at radius 1 is 1.05 bits per heavy atom. The van der Waals surface area contributed by atoms with Crippen LogP contribution in [-0.2, 0) is 0 Å². The second kappa shape index (κ2) is 6.93. The van der Waals surface area contributed by atoms with Gasteiger partial charge in [0.2, 0.25) is 0 Å². The van der Waals surface area contributed by atoms with Crippen LogP contribution in [0.15, 0.2) is 30.3 Å². The molecular formula is C19H30N2. The fraction of sp³-hybridized carbons (Fsp3) is 0.684. The van der Waals surface area contributed by atoms with Gasteiger partial charge >= 0.3 is 0 Å². The SMILES string of the molecule is CNC(c1ccccc1)C(C)N1CCCC2CCCCC21. The van der Waals surface area contributed by atoms with Crippen molar-refractivity contribution in [3.05, 3.63) is 35.9 Å². The second-order valence-corrected chi connectivity index (χ2v) is 6.91. The zero-order valence-corrected chi connectivity index (χ0v) is 13.6. The third-order valence-corrected chi connectivity index (χ3v) is 5.76. The monoisotopic (exact) mass is 286 g/mol. The van der Waals surface area contributed by atoms with Crippen LogP contribution in [0.2, 0.25) is 0 Å². The van der Waals surface area contributed by atoms with Crippen LogP contribution < -0.4 is 5.32 Å². The molecule has 2 fully saturated rings. The van der Waals surface area contributed by atoms with Crippen LogP contribution in [0.1, 0.15) is 57.1 Å². The third-order valence-electron chi connectivity index (χ3n) is 5.76. The molecule has 21 heavy (non-hydrogen) atoms. The number of nitrogens with one attached hydrogen (secondary N) is 1. The number of hydrogen-bond donors (Lipinski definition) is 1. The third kappa shape index (κ3) is 3.17. The van der Waals surface area contributed by atoms with E-state index in [1.165, 1.54) is 50.6 Å². The van der Waals surface area contributed by atoms with E-state index in [4.69, 9.17) is 0 Å². The molecule has 1 heterocycles. The number of likely N-dealkylation sites (tertiary alicyclic amines) is 1. The summed E-state index contributed by atoms with van der Waals surface area (Å²) in [5.74, 6) is 0.961. The zero-order valence-electron chi connectivity index (χ0n) is 13.6. The number of fused-ring (bicyclic) bond motifs is 1. The highest BCUT2D eigenvalue weighted by Gasteiger charge is 2.37. The van der Waals surface area contributed by atoms with Crippen molar-refractivity contribution in [1.82, 2.24) is 10.2 Å². The van der Waals surface area contributed by atoms with Crippen LogP contribution in [0.5, 0.6) is 0 Å². The molecule has 4 unspecified atom stereocenters. The molecule has 1 N–H and O–H groups in total. The summed E-state index contributed by atoms with van der Waals surface area (Å²) in [7, 11) is 2.11. The van der Waals surface area contributed by atoms with Crippen molar-refractivity contribution in [1.29, 1.82) is 0 Å². The number of piperidine rings is 1. The summed E-state index contributed by atoms with van der Waals surface area (Å²) in [6.07, 6.45) is 8.61. The molecule has 1 aromatic carbocycles. The molecule has 1 aliphatic heterocycles. The quantitative estimate of drug-likeness (QED) is 0.900. The van der Waals surface area contributed by atoms with Crippen LogP contribution in [0, 0.1) is 5.92 Å². The van der Waals surface area contributed by atoms with E-state index < -0.39 is 0 Å². The molecule has 0 radical (unpaired) electrons. The number of benzene rings is 1. The highest BCUT2D eigenvalue weighted by atomic mass is 15.2. The average Bonchev–Trinajstić information content (AvgIpc) is 2.56. The minimum atomic E-state index is 0.437. The first-order chi connectivity index (χ1) is 10.3. The Hall–Kier alpha value is -0.860. The van der Waals surface area contributed by atoms with Gasteiger partial charge in [0, 0.05) is 18.1 Å². The fourth-order valence-corrected chi connectivity index (χ4v) is 4.71. The lowest BCUT2D eigenvalue weighted by atomic mass is 9.77. The maximum Gasteiger partial charge on any atom is 0.0473 e. The Balaban J connectivity index is 1.77. The van der Waals surface area contributed by atoms with Crippen molar-refractivity contribution in [2.24, 2.45) is 5.92 Å². The van der Waals surface area contributed by atoms with Crippen molar-refractivity contribution in [3.63, 3.8) is 0 Å². The van der Waals surface area contributed by atoms with E-state index in [9.17, 15) is 0 Å². The fourth-order valence-electron chi connectivity index (χ4n) is 4.71. The van der Waals surface area contributed by atoms with Gasteiger partial charge in [-0.2, -0.15) is 0 Å². The number of likely N-dealkylation sites (N-methyl/N-ethyl adjacent to an activating group) is 1. The van der Waals surface area contributed by atoms with Crippen molar-refractivity contribution in [2.45, 2.75) is 63.6 Å². The molecule has 116 valence electrons. The van der Waals surface area contributed by atoms with Gasteiger partial charge in [-0.3, -0.25) is 4.90 Å². The van der Waals surface area contributed by atoms with Crippen LogP contribution in [0.3, 0.4) is 0 Å². The highest BCUT2D eigenvalue weighted by molar-refractivity contribution is 5.20. The number of rotatable bonds is 4. The van der Waals surface area contributed by atoms with Crippen molar-refractivity contribution in [3.8, 4) is 0 Å². The van der Waals surface area contributed by atoms with Crippen LogP contribution in [0.4, 0.5) is 0 Å². The first-order valence-electron chi connectivity index (χ1n) is 8.79. The predicted octanol–water partition coefficient (Wildman–Crippen LogP) is 3.99. The van der Waals surface area contributed by atoms with Crippen molar-refractivity contribution in [2.75, 3.05) is 13.6 Å². The summed E-state index contributed by atoms with van der Waals surface area (Å²) in [6.45, 7) is 3.71. The first kappa shape index (κ1) is 15.1. The van der Waals surface area contributed by atoms with Gasteiger partial charge in [0.05, 0.1) is 0 Å². The Kier molecular flexibility index (Phi) is 4.97. The molecule has 1 aromatic rings. The summed E-state index contributed by atoms with van der Waals surface area (Å²) < 4.78 is 0. The lowest BCUT2D eigenvalue weighted by Gasteiger charge is -2.48. The summed E-state index contributed by atoms with van der Waals surface area (Å²) >= 11 is 0. The molecular weight excluding hydrogens is 256 g/mol. The molecule has 1 saturated carbocycles. The normalized spacial score (nSPS) is 29.6. The minimum Gasteiger partial charge on any atom is -0.312 e. The van der Waals surface area contributed by atoms with Gasteiger partial charge in [-0.15, -0.1) is 0 Å². The first-order valence-corrected chi connectivity index (χ1v) is 8.79. The van der Waals surface area contributed by atoms with Crippen LogP contribution >= 0.6 is 0 Å². The Labute approximate surface area is 129 Å². The number of nitrogens with zero attached hydrogens (tertiary/aromatic N) is 1. The van der Waals surface area contributed by atoms with E-state index in [0.29, 0.717) is 12.1 Å².